The second-order valence-corrected chi connectivity index (χ2v) is 4.35. The Hall–Kier alpha value is 0.570. The highest BCUT2D eigenvalue weighted by molar-refractivity contribution is 9.12. The molecule has 0 aliphatic heterocycles. The minimum Gasteiger partial charge on any atom is -0.274 e. The molecule has 1 nitrogen and oxygen atoms in total. The number of rotatable bonds is 3. The van der Waals surface area contributed by atoms with Crippen LogP contribution in [-0.4, -0.2) is 20.6 Å². The van der Waals surface area contributed by atoms with Gasteiger partial charge in [0.1, 0.15) is 0 Å². The first-order valence-electron chi connectivity index (χ1n) is 2.47. The summed E-state index contributed by atoms with van der Waals surface area (Å²) in [6.07, 6.45) is 0. The lowest BCUT2D eigenvalue weighted by molar-refractivity contribution is -0.168. The Bertz CT molecular complexity index is 225. The molecule has 0 N–H and O–H groups in total. The molecule has 13 heavy (non-hydrogen) atoms. The van der Waals surface area contributed by atoms with Gasteiger partial charge in [-0.15, -0.1) is 0 Å². The van der Waals surface area contributed by atoms with E-state index in [2.05, 4.69) is 11.6 Å². The molecule has 78 valence electrons. The van der Waals surface area contributed by atoms with Crippen LogP contribution in [0.2, 0.25) is 0 Å². The van der Waals surface area contributed by atoms with Crippen molar-refractivity contribution < 1.29 is 26.7 Å². The lowest BCUT2D eigenvalue weighted by Crippen LogP contribution is -2.52. The molecule has 0 aliphatic carbocycles. The second kappa shape index (κ2) is 3.62. The molecule has 0 aromatic carbocycles. The molecule has 0 heterocycles. The number of carbonyl (C=O) groups excluding carboxylic acids is 1. The molecule has 1 unspecified atom stereocenters. The van der Waals surface area contributed by atoms with Crippen LogP contribution in [0.4, 0.5) is 22.0 Å². The Labute approximate surface area is 90.9 Å². The Morgan fingerprint density at radius 1 is 1.08 bits per heavy atom. The smallest absolute Gasteiger partial charge is 0.274 e. The van der Waals surface area contributed by atoms with Gasteiger partial charge in [-0.2, -0.15) is 17.6 Å². The van der Waals surface area contributed by atoms with Crippen LogP contribution in [-0.2, 0) is 4.79 Å². The van der Waals surface area contributed by atoms with Crippen molar-refractivity contribution in [3.8, 4) is 0 Å². The number of alkyl halides is 7. The standard InChI is InChI=1S/C4Br2ClF5O/c5-3(10,4(6,11)12)2(8,9)1(7)13. The number of hydrogen-bond donors (Lipinski definition) is 0. The van der Waals surface area contributed by atoms with Crippen molar-refractivity contribution in [2.75, 3.05) is 0 Å². The van der Waals surface area contributed by atoms with Gasteiger partial charge in [-0.25, -0.2) is 4.39 Å². The van der Waals surface area contributed by atoms with Crippen LogP contribution in [0.5, 0.6) is 0 Å². The molecule has 0 rings (SSSR count). The van der Waals surface area contributed by atoms with Crippen molar-refractivity contribution in [1.82, 2.24) is 0 Å². The molecule has 9 heteroatoms. The second-order valence-electron chi connectivity index (χ2n) is 1.92. The minimum absolute atomic E-state index is 1.36. The molecular weight excluding hydrogens is 354 g/mol. The van der Waals surface area contributed by atoms with E-state index in [4.69, 9.17) is 0 Å². The fourth-order valence-electron chi connectivity index (χ4n) is 0.301. The normalized spacial score (nSPS) is 18.2. The average molecular weight is 354 g/mol. The summed E-state index contributed by atoms with van der Waals surface area (Å²) in [5.74, 6) is -5.04. The van der Waals surface area contributed by atoms with Gasteiger partial charge in [0.2, 0.25) is 0 Å². The van der Waals surface area contributed by atoms with Gasteiger partial charge < -0.3 is 0 Å². The Morgan fingerprint density at radius 3 is 1.46 bits per heavy atom. The lowest BCUT2D eigenvalue weighted by Gasteiger charge is -2.28. The molecule has 0 amide bonds. The van der Waals surface area contributed by atoms with Gasteiger partial charge in [0.25, 0.3) is 5.24 Å². The van der Waals surface area contributed by atoms with Crippen molar-refractivity contribution in [3.63, 3.8) is 0 Å². The highest BCUT2D eigenvalue weighted by atomic mass is 79.9. The molecule has 0 bridgehead atoms. The van der Waals surface area contributed by atoms with Crippen LogP contribution in [0.3, 0.4) is 0 Å². The lowest BCUT2D eigenvalue weighted by atomic mass is 10.2. The van der Waals surface area contributed by atoms with Crippen LogP contribution in [0, 0.1) is 0 Å². The Morgan fingerprint density at radius 2 is 1.38 bits per heavy atom. The highest BCUT2D eigenvalue weighted by Gasteiger charge is 2.71. The third-order valence-corrected chi connectivity index (χ3v) is 3.31. The van der Waals surface area contributed by atoms with Crippen molar-refractivity contribution >= 4 is 48.7 Å². The van der Waals surface area contributed by atoms with Crippen molar-refractivity contribution in [1.29, 1.82) is 0 Å². The van der Waals surface area contributed by atoms with E-state index in [1.807, 2.05) is 0 Å². The van der Waals surface area contributed by atoms with Crippen LogP contribution < -0.4 is 0 Å². The summed E-state index contributed by atoms with van der Waals surface area (Å²) in [6, 6.07) is 0. The summed E-state index contributed by atoms with van der Waals surface area (Å²) in [5.41, 5.74) is 0. The van der Waals surface area contributed by atoms with Crippen molar-refractivity contribution in [2.45, 2.75) is 15.3 Å². The zero-order valence-corrected chi connectivity index (χ0v) is 9.36. The maximum absolute atomic E-state index is 12.7. The van der Waals surface area contributed by atoms with Gasteiger partial charge in [-0.1, -0.05) is 0 Å². The molecule has 0 fully saturated rings. The highest BCUT2D eigenvalue weighted by Crippen LogP contribution is 2.52. The molecule has 0 aromatic rings. The first kappa shape index (κ1) is 13.6. The zero-order valence-electron chi connectivity index (χ0n) is 5.43. The largest absolute Gasteiger partial charge is 0.370 e. The van der Waals surface area contributed by atoms with E-state index in [-0.39, 0.29) is 0 Å². The third kappa shape index (κ3) is 2.33. The van der Waals surface area contributed by atoms with E-state index in [0.29, 0.717) is 0 Å². The predicted molar refractivity (Wildman–Crippen MR) is 42.4 cm³/mol. The van der Waals surface area contributed by atoms with Crippen molar-refractivity contribution in [3.05, 3.63) is 0 Å². The molecule has 0 aliphatic rings. The maximum Gasteiger partial charge on any atom is 0.370 e. The Balaban J connectivity index is 5.16. The molecule has 0 aromatic heterocycles. The summed E-state index contributed by atoms with van der Waals surface area (Å²) in [7, 11) is 0. The fraction of sp³-hybridized carbons (Fsp3) is 0.750. The predicted octanol–water partition coefficient (Wildman–Crippen LogP) is 3.44. The van der Waals surface area contributed by atoms with Gasteiger partial charge >= 0.3 is 15.3 Å². The van der Waals surface area contributed by atoms with Gasteiger partial charge in [0, 0.05) is 0 Å². The quantitative estimate of drug-likeness (QED) is 0.431. The molecule has 0 radical (unpaired) electrons. The topological polar surface area (TPSA) is 17.1 Å². The van der Waals surface area contributed by atoms with E-state index in [9.17, 15) is 26.7 Å². The van der Waals surface area contributed by atoms with Crippen LogP contribution in [0.15, 0.2) is 0 Å². The number of hydrogen-bond acceptors (Lipinski definition) is 1. The molecule has 0 saturated heterocycles. The first-order valence-corrected chi connectivity index (χ1v) is 4.43. The van der Waals surface area contributed by atoms with Crippen LogP contribution in [0.1, 0.15) is 0 Å². The van der Waals surface area contributed by atoms with Gasteiger partial charge in [-0.3, -0.25) is 4.79 Å². The zero-order chi connectivity index (χ0) is 11.1. The summed E-state index contributed by atoms with van der Waals surface area (Å²) >= 11 is 7.01. The van der Waals surface area contributed by atoms with Crippen LogP contribution in [0.25, 0.3) is 0 Å². The third-order valence-electron chi connectivity index (χ3n) is 0.997. The maximum atomic E-state index is 12.7. The average Bonchev–Trinajstić information content (AvgIpc) is 1.84. The molecule has 1 atom stereocenters. The summed E-state index contributed by atoms with van der Waals surface area (Å²) in [6.45, 7) is 0. The summed E-state index contributed by atoms with van der Waals surface area (Å²) in [4.78, 5) is 5.32. The van der Waals surface area contributed by atoms with E-state index >= 15 is 0 Å². The van der Waals surface area contributed by atoms with E-state index in [1.54, 1.807) is 0 Å². The van der Waals surface area contributed by atoms with E-state index in [1.165, 1.54) is 31.9 Å². The van der Waals surface area contributed by atoms with Gasteiger partial charge in [0.15, 0.2) is 0 Å². The first-order chi connectivity index (χ1) is 5.44. The fourth-order valence-corrected chi connectivity index (χ4v) is 0.975. The van der Waals surface area contributed by atoms with Gasteiger partial charge in [-0.05, 0) is 43.5 Å². The minimum atomic E-state index is -5.04. The summed E-state index contributed by atoms with van der Waals surface area (Å²) < 4.78 is 57.3. The number of halogens is 8. The molecule has 0 spiro atoms. The van der Waals surface area contributed by atoms with E-state index in [0.717, 1.165) is 0 Å². The van der Waals surface area contributed by atoms with Crippen molar-refractivity contribution in [2.24, 2.45) is 0 Å². The molecule has 0 saturated carbocycles. The Kier molecular flexibility index (Phi) is 3.78. The summed E-state index contributed by atoms with van der Waals surface area (Å²) in [5, 5.41) is -2.52. The van der Waals surface area contributed by atoms with Gasteiger partial charge in [0.05, 0.1) is 0 Å². The number of carbonyl (C=O) groups is 1. The molecular formula is C4Br2ClF5O. The van der Waals surface area contributed by atoms with Crippen LogP contribution >= 0.6 is 43.5 Å². The SMILES string of the molecule is O=C(Cl)C(F)(F)C(F)(Br)C(F)(F)Br. The monoisotopic (exact) mass is 352 g/mol. The van der Waals surface area contributed by atoms with E-state index < -0.39 is 20.6 Å².